The number of rotatable bonds is 4. The van der Waals surface area contributed by atoms with Gasteiger partial charge in [0.2, 0.25) is 0 Å². The lowest BCUT2D eigenvalue weighted by Gasteiger charge is -2.34. The lowest BCUT2D eigenvalue weighted by molar-refractivity contribution is 0.0919. The van der Waals surface area contributed by atoms with Crippen LogP contribution in [0.5, 0.6) is 5.75 Å². The zero-order valence-electron chi connectivity index (χ0n) is 16.0. The number of hydrogen-bond acceptors (Lipinski definition) is 4. The van der Waals surface area contributed by atoms with Crippen molar-refractivity contribution >= 4 is 11.9 Å². The van der Waals surface area contributed by atoms with Crippen LogP contribution >= 0.6 is 0 Å². The number of benzene rings is 2. The average molecular weight is 404 g/mol. The fourth-order valence-electron chi connectivity index (χ4n) is 3.04. The molecule has 0 saturated carbocycles. The number of amides is 3. The van der Waals surface area contributed by atoms with E-state index in [0.717, 1.165) is 5.56 Å². The van der Waals surface area contributed by atoms with Crippen molar-refractivity contribution in [2.45, 2.75) is 6.54 Å². The van der Waals surface area contributed by atoms with E-state index in [1.165, 1.54) is 37.4 Å². The molecule has 154 valence electrons. The van der Waals surface area contributed by atoms with Gasteiger partial charge in [-0.1, -0.05) is 6.07 Å². The van der Waals surface area contributed by atoms with E-state index >= 15 is 0 Å². The second-order valence-electron chi connectivity index (χ2n) is 6.62. The highest BCUT2D eigenvalue weighted by molar-refractivity contribution is 5.95. The Morgan fingerprint density at radius 3 is 2.31 bits per heavy atom. The maximum atomic E-state index is 13.8. The molecule has 0 spiro atoms. The van der Waals surface area contributed by atoms with Crippen molar-refractivity contribution in [2.75, 3.05) is 33.3 Å². The van der Waals surface area contributed by atoms with Crippen molar-refractivity contribution in [2.24, 2.45) is 0 Å². The number of nitrogens with one attached hydrogen (secondary N) is 2. The van der Waals surface area contributed by atoms with E-state index < -0.39 is 23.6 Å². The Labute approximate surface area is 167 Å². The molecule has 2 N–H and O–H groups in total. The summed E-state index contributed by atoms with van der Waals surface area (Å²) < 4.78 is 31.6. The molecule has 3 amide bonds. The summed E-state index contributed by atoms with van der Waals surface area (Å²) in [6.45, 7) is 2.74. The van der Waals surface area contributed by atoms with Crippen LogP contribution in [0.15, 0.2) is 42.5 Å². The summed E-state index contributed by atoms with van der Waals surface area (Å²) >= 11 is 0. The SMILES string of the molecule is COc1ccc(CN2CCN(C(=O)NNC(=O)c3ccc(F)cc3)CC2)cc1F. The first-order chi connectivity index (χ1) is 14.0. The number of halogens is 2. The highest BCUT2D eigenvalue weighted by Gasteiger charge is 2.22. The molecule has 3 rings (SSSR count). The summed E-state index contributed by atoms with van der Waals surface area (Å²) in [4.78, 5) is 27.9. The van der Waals surface area contributed by atoms with Crippen LogP contribution in [0.25, 0.3) is 0 Å². The summed E-state index contributed by atoms with van der Waals surface area (Å²) in [6.07, 6.45) is 0. The number of piperazine rings is 1. The predicted octanol–water partition coefficient (Wildman–Crippen LogP) is 2.15. The molecule has 0 aromatic heterocycles. The summed E-state index contributed by atoms with van der Waals surface area (Å²) in [5, 5.41) is 0. The largest absolute Gasteiger partial charge is 0.494 e. The molecule has 1 saturated heterocycles. The Bertz CT molecular complexity index is 869. The van der Waals surface area contributed by atoms with E-state index in [1.54, 1.807) is 11.0 Å². The van der Waals surface area contributed by atoms with Gasteiger partial charge in [0.1, 0.15) is 5.82 Å². The van der Waals surface area contributed by atoms with Crippen molar-refractivity contribution in [1.82, 2.24) is 20.7 Å². The van der Waals surface area contributed by atoms with E-state index in [-0.39, 0.29) is 11.3 Å². The molecule has 1 fully saturated rings. The van der Waals surface area contributed by atoms with Gasteiger partial charge in [0.25, 0.3) is 5.91 Å². The summed E-state index contributed by atoms with van der Waals surface area (Å²) in [6, 6.07) is 9.44. The van der Waals surface area contributed by atoms with Crippen LogP contribution in [0.3, 0.4) is 0 Å². The van der Waals surface area contributed by atoms with Gasteiger partial charge < -0.3 is 9.64 Å². The normalized spacial score (nSPS) is 14.4. The van der Waals surface area contributed by atoms with Gasteiger partial charge in [-0.15, -0.1) is 0 Å². The maximum Gasteiger partial charge on any atom is 0.336 e. The van der Waals surface area contributed by atoms with Crippen LogP contribution in [0.2, 0.25) is 0 Å². The highest BCUT2D eigenvalue weighted by atomic mass is 19.1. The Hall–Kier alpha value is -3.20. The van der Waals surface area contributed by atoms with Gasteiger partial charge in [-0.3, -0.25) is 15.1 Å². The topological polar surface area (TPSA) is 73.9 Å². The molecule has 2 aromatic rings. The van der Waals surface area contributed by atoms with Crippen molar-refractivity contribution in [3.63, 3.8) is 0 Å². The van der Waals surface area contributed by atoms with Gasteiger partial charge in [-0.2, -0.15) is 0 Å². The van der Waals surface area contributed by atoms with Gasteiger partial charge >= 0.3 is 6.03 Å². The predicted molar refractivity (Wildman–Crippen MR) is 102 cm³/mol. The molecule has 29 heavy (non-hydrogen) atoms. The Morgan fingerprint density at radius 2 is 1.69 bits per heavy atom. The van der Waals surface area contributed by atoms with Crippen molar-refractivity contribution < 1.29 is 23.1 Å². The van der Waals surface area contributed by atoms with E-state index in [9.17, 15) is 18.4 Å². The molecule has 2 aromatic carbocycles. The van der Waals surface area contributed by atoms with Crippen molar-refractivity contribution in [3.05, 3.63) is 65.2 Å². The van der Waals surface area contributed by atoms with Crippen molar-refractivity contribution in [3.8, 4) is 5.75 Å². The van der Waals surface area contributed by atoms with Crippen LogP contribution in [-0.4, -0.2) is 55.0 Å². The third-order valence-corrected chi connectivity index (χ3v) is 4.67. The highest BCUT2D eigenvalue weighted by Crippen LogP contribution is 2.19. The number of hydrazine groups is 1. The van der Waals surface area contributed by atoms with Crippen LogP contribution < -0.4 is 15.6 Å². The van der Waals surface area contributed by atoms with Crippen LogP contribution in [0, 0.1) is 11.6 Å². The van der Waals surface area contributed by atoms with E-state index in [1.807, 2.05) is 6.07 Å². The summed E-state index contributed by atoms with van der Waals surface area (Å²) in [5.41, 5.74) is 5.74. The number of carbonyl (C=O) groups is 2. The van der Waals surface area contributed by atoms with Gasteiger partial charge in [-0.25, -0.2) is 19.0 Å². The molecular weight excluding hydrogens is 382 g/mol. The van der Waals surface area contributed by atoms with Crippen LogP contribution in [0.4, 0.5) is 13.6 Å². The monoisotopic (exact) mass is 404 g/mol. The Balaban J connectivity index is 1.44. The quantitative estimate of drug-likeness (QED) is 0.766. The zero-order valence-corrected chi connectivity index (χ0v) is 16.0. The van der Waals surface area contributed by atoms with E-state index in [4.69, 9.17) is 4.74 Å². The fourth-order valence-corrected chi connectivity index (χ4v) is 3.04. The first kappa shape index (κ1) is 20.5. The molecule has 1 heterocycles. The minimum Gasteiger partial charge on any atom is -0.494 e. The van der Waals surface area contributed by atoms with Gasteiger partial charge in [0.15, 0.2) is 11.6 Å². The smallest absolute Gasteiger partial charge is 0.336 e. The molecule has 7 nitrogen and oxygen atoms in total. The fraction of sp³-hybridized carbons (Fsp3) is 0.300. The van der Waals surface area contributed by atoms with Gasteiger partial charge in [-0.05, 0) is 42.0 Å². The molecule has 1 aliphatic rings. The standard InChI is InChI=1S/C20H22F2N4O3/c1-29-18-7-2-14(12-17(18)22)13-25-8-10-26(11-9-25)20(28)24-23-19(27)15-3-5-16(21)6-4-15/h2-7,12H,8-11,13H2,1H3,(H,23,27)(H,24,28). The average Bonchev–Trinajstić information content (AvgIpc) is 2.73. The third kappa shape index (κ3) is 5.41. The molecular formula is C20H22F2N4O3. The minimum atomic E-state index is -0.529. The number of ether oxygens (including phenoxy) is 1. The summed E-state index contributed by atoms with van der Waals surface area (Å²) in [7, 11) is 1.42. The number of carbonyl (C=O) groups excluding carboxylic acids is 2. The maximum absolute atomic E-state index is 13.8. The zero-order chi connectivity index (χ0) is 20.8. The van der Waals surface area contributed by atoms with Gasteiger partial charge in [0, 0.05) is 38.3 Å². The number of urea groups is 1. The van der Waals surface area contributed by atoms with E-state index in [2.05, 4.69) is 15.8 Å². The van der Waals surface area contributed by atoms with E-state index in [0.29, 0.717) is 32.7 Å². The lowest BCUT2D eigenvalue weighted by atomic mass is 10.2. The third-order valence-electron chi connectivity index (χ3n) is 4.67. The number of hydrogen-bond donors (Lipinski definition) is 2. The first-order valence-electron chi connectivity index (χ1n) is 9.12. The second-order valence-corrected chi connectivity index (χ2v) is 6.62. The molecule has 9 heteroatoms. The second kappa shape index (κ2) is 9.33. The molecule has 0 unspecified atom stereocenters. The van der Waals surface area contributed by atoms with Gasteiger partial charge in [0.05, 0.1) is 7.11 Å². The Kier molecular flexibility index (Phi) is 6.61. The van der Waals surface area contributed by atoms with Crippen molar-refractivity contribution in [1.29, 1.82) is 0 Å². The van der Waals surface area contributed by atoms with Crippen LogP contribution in [-0.2, 0) is 6.54 Å². The molecule has 0 radical (unpaired) electrons. The molecule has 0 atom stereocenters. The minimum absolute atomic E-state index is 0.206. The molecule has 1 aliphatic heterocycles. The first-order valence-corrected chi connectivity index (χ1v) is 9.12. The van der Waals surface area contributed by atoms with Crippen LogP contribution in [0.1, 0.15) is 15.9 Å². The lowest BCUT2D eigenvalue weighted by Crippen LogP contribution is -2.55. The Morgan fingerprint density at radius 1 is 1.00 bits per heavy atom. The number of methoxy groups -OCH3 is 1. The molecule has 0 aliphatic carbocycles. The number of nitrogens with zero attached hydrogens (tertiary/aromatic N) is 2. The summed E-state index contributed by atoms with van der Waals surface area (Å²) in [5.74, 6) is -1.17. The molecule has 0 bridgehead atoms.